The van der Waals surface area contributed by atoms with Gasteiger partial charge in [-0.15, -0.1) is 0 Å². The van der Waals surface area contributed by atoms with Crippen LogP contribution in [0.15, 0.2) is 84.9 Å². The minimum Gasteiger partial charge on any atom is -0.324 e. The fraction of sp³-hybridized carbons (Fsp3) is 0.231. The molecule has 0 aliphatic carbocycles. The van der Waals surface area contributed by atoms with Gasteiger partial charge in [-0.05, 0) is 37.1 Å². The van der Waals surface area contributed by atoms with Gasteiger partial charge in [0.2, 0.25) is 5.91 Å². The van der Waals surface area contributed by atoms with Crippen LogP contribution in [0, 0.1) is 0 Å². The molecular formula is C26H26N2O2. The van der Waals surface area contributed by atoms with E-state index in [1.807, 2.05) is 48.5 Å². The summed E-state index contributed by atoms with van der Waals surface area (Å²) in [5.41, 5.74) is 2.91. The van der Waals surface area contributed by atoms with Crippen molar-refractivity contribution in [2.24, 2.45) is 0 Å². The van der Waals surface area contributed by atoms with E-state index in [0.717, 1.165) is 32.4 Å². The molecule has 4 nitrogen and oxygen atoms in total. The fourth-order valence-electron chi connectivity index (χ4n) is 4.05. The second kappa shape index (κ2) is 9.51. The highest BCUT2D eigenvalue weighted by atomic mass is 16.2. The lowest BCUT2D eigenvalue weighted by molar-refractivity contribution is -0.122. The van der Waals surface area contributed by atoms with Crippen LogP contribution in [-0.4, -0.2) is 29.2 Å². The normalized spacial score (nSPS) is 16.7. The van der Waals surface area contributed by atoms with E-state index in [0.29, 0.717) is 16.8 Å². The fourth-order valence-corrected chi connectivity index (χ4v) is 4.05. The van der Waals surface area contributed by atoms with Crippen LogP contribution < -0.4 is 5.32 Å². The molecule has 1 aliphatic rings. The standard InChI is InChI=1S/C26H26N2O2/c29-25(21-13-5-2-6-14-21)22-15-7-8-16-23(22)27-26(30)24-17-9-10-18-28(24)19-20-11-3-1-4-12-20/h1-8,11-16,24H,9-10,17-19H2,(H,27,30). The number of carbonyl (C=O) groups is 2. The predicted octanol–water partition coefficient (Wildman–Crippen LogP) is 4.91. The van der Waals surface area contributed by atoms with E-state index >= 15 is 0 Å². The first-order chi connectivity index (χ1) is 14.7. The molecule has 1 N–H and O–H groups in total. The summed E-state index contributed by atoms with van der Waals surface area (Å²) in [6.07, 6.45) is 2.96. The largest absolute Gasteiger partial charge is 0.324 e. The molecule has 0 spiro atoms. The number of anilines is 1. The molecular weight excluding hydrogens is 372 g/mol. The SMILES string of the molecule is O=C(c1ccccc1)c1ccccc1NC(=O)C1CCCCN1Cc1ccccc1. The van der Waals surface area contributed by atoms with Crippen molar-refractivity contribution in [2.75, 3.05) is 11.9 Å². The van der Waals surface area contributed by atoms with Crippen LogP contribution in [0.25, 0.3) is 0 Å². The molecule has 1 fully saturated rings. The van der Waals surface area contributed by atoms with Gasteiger partial charge in [0.15, 0.2) is 5.78 Å². The second-order valence-electron chi connectivity index (χ2n) is 7.70. The van der Waals surface area contributed by atoms with E-state index in [9.17, 15) is 9.59 Å². The Bertz CT molecular complexity index is 1000. The van der Waals surface area contributed by atoms with Crippen LogP contribution in [0.3, 0.4) is 0 Å². The van der Waals surface area contributed by atoms with Crippen molar-refractivity contribution >= 4 is 17.4 Å². The zero-order valence-corrected chi connectivity index (χ0v) is 17.0. The molecule has 3 aromatic rings. The van der Waals surface area contributed by atoms with Crippen molar-refractivity contribution < 1.29 is 9.59 Å². The van der Waals surface area contributed by atoms with E-state index in [4.69, 9.17) is 0 Å². The van der Waals surface area contributed by atoms with Crippen LogP contribution >= 0.6 is 0 Å². The molecule has 1 unspecified atom stereocenters. The summed E-state index contributed by atoms with van der Waals surface area (Å²) < 4.78 is 0. The Kier molecular flexibility index (Phi) is 6.35. The number of likely N-dealkylation sites (tertiary alicyclic amines) is 1. The second-order valence-corrected chi connectivity index (χ2v) is 7.70. The van der Waals surface area contributed by atoms with Gasteiger partial charge in [0.05, 0.1) is 11.7 Å². The van der Waals surface area contributed by atoms with E-state index in [1.165, 1.54) is 5.56 Å². The van der Waals surface area contributed by atoms with Crippen molar-refractivity contribution in [3.8, 4) is 0 Å². The number of amides is 1. The zero-order valence-electron chi connectivity index (χ0n) is 17.0. The Balaban J connectivity index is 1.52. The lowest BCUT2D eigenvalue weighted by Crippen LogP contribution is -2.46. The Labute approximate surface area is 177 Å². The van der Waals surface area contributed by atoms with E-state index in [-0.39, 0.29) is 17.7 Å². The zero-order chi connectivity index (χ0) is 20.8. The lowest BCUT2D eigenvalue weighted by Gasteiger charge is -2.34. The predicted molar refractivity (Wildman–Crippen MR) is 119 cm³/mol. The maximum absolute atomic E-state index is 13.2. The molecule has 0 aromatic heterocycles. The molecule has 1 heterocycles. The number of hydrogen-bond donors (Lipinski definition) is 1. The average Bonchev–Trinajstić information content (AvgIpc) is 2.80. The first-order valence-electron chi connectivity index (χ1n) is 10.5. The topological polar surface area (TPSA) is 49.4 Å². The van der Waals surface area contributed by atoms with Crippen LogP contribution in [0.4, 0.5) is 5.69 Å². The van der Waals surface area contributed by atoms with Gasteiger partial charge in [-0.25, -0.2) is 0 Å². The molecule has 1 saturated heterocycles. The monoisotopic (exact) mass is 398 g/mol. The quantitative estimate of drug-likeness (QED) is 0.600. The highest BCUT2D eigenvalue weighted by Gasteiger charge is 2.29. The number of piperidine rings is 1. The summed E-state index contributed by atoms with van der Waals surface area (Å²) in [7, 11) is 0. The van der Waals surface area contributed by atoms with Gasteiger partial charge in [-0.1, -0.05) is 79.2 Å². The van der Waals surface area contributed by atoms with E-state index in [1.54, 1.807) is 24.3 Å². The molecule has 4 heteroatoms. The maximum Gasteiger partial charge on any atom is 0.241 e. The van der Waals surface area contributed by atoms with Crippen molar-refractivity contribution in [3.05, 3.63) is 102 Å². The summed E-state index contributed by atoms with van der Waals surface area (Å²) in [5, 5.41) is 3.05. The highest BCUT2D eigenvalue weighted by molar-refractivity contribution is 6.14. The maximum atomic E-state index is 13.2. The van der Waals surface area contributed by atoms with Crippen LogP contribution in [0.5, 0.6) is 0 Å². The summed E-state index contributed by atoms with van der Waals surface area (Å²) in [5.74, 6) is -0.129. The molecule has 0 radical (unpaired) electrons. The van der Waals surface area contributed by atoms with Gasteiger partial charge in [-0.2, -0.15) is 0 Å². The minimum absolute atomic E-state index is 0.0426. The number of carbonyl (C=O) groups excluding carboxylic acids is 2. The first kappa shape index (κ1) is 20.0. The van der Waals surface area contributed by atoms with Crippen molar-refractivity contribution in [1.29, 1.82) is 0 Å². The number of benzene rings is 3. The molecule has 0 bridgehead atoms. The van der Waals surface area contributed by atoms with Crippen LogP contribution in [0.2, 0.25) is 0 Å². The van der Waals surface area contributed by atoms with E-state index < -0.39 is 0 Å². The highest BCUT2D eigenvalue weighted by Crippen LogP contribution is 2.24. The Morgan fingerprint density at radius 1 is 0.833 bits per heavy atom. The lowest BCUT2D eigenvalue weighted by atomic mass is 9.99. The summed E-state index contributed by atoms with van der Waals surface area (Å²) in [6.45, 7) is 1.65. The van der Waals surface area contributed by atoms with Gasteiger partial charge in [0.25, 0.3) is 0 Å². The first-order valence-corrected chi connectivity index (χ1v) is 10.5. The molecule has 1 amide bonds. The number of nitrogens with zero attached hydrogens (tertiary/aromatic N) is 1. The van der Waals surface area contributed by atoms with Gasteiger partial charge in [0.1, 0.15) is 0 Å². The Morgan fingerprint density at radius 3 is 2.27 bits per heavy atom. The van der Waals surface area contributed by atoms with Crippen molar-refractivity contribution in [3.63, 3.8) is 0 Å². The number of ketones is 1. The van der Waals surface area contributed by atoms with Crippen LogP contribution in [0.1, 0.15) is 40.7 Å². The van der Waals surface area contributed by atoms with Crippen molar-refractivity contribution in [2.45, 2.75) is 31.8 Å². The van der Waals surface area contributed by atoms with Crippen LogP contribution in [-0.2, 0) is 11.3 Å². The van der Waals surface area contributed by atoms with Gasteiger partial charge < -0.3 is 5.32 Å². The minimum atomic E-state index is -0.196. The molecule has 152 valence electrons. The third kappa shape index (κ3) is 4.66. The molecule has 0 saturated carbocycles. The molecule has 30 heavy (non-hydrogen) atoms. The number of nitrogens with one attached hydrogen (secondary N) is 1. The van der Waals surface area contributed by atoms with Gasteiger partial charge >= 0.3 is 0 Å². The Morgan fingerprint density at radius 2 is 1.50 bits per heavy atom. The van der Waals surface area contributed by atoms with E-state index in [2.05, 4.69) is 22.3 Å². The Hall–Kier alpha value is -3.24. The molecule has 1 aliphatic heterocycles. The number of hydrogen-bond acceptors (Lipinski definition) is 3. The number of para-hydroxylation sites is 1. The third-order valence-electron chi connectivity index (χ3n) is 5.61. The van der Waals surface area contributed by atoms with Gasteiger partial charge in [-0.3, -0.25) is 14.5 Å². The third-order valence-corrected chi connectivity index (χ3v) is 5.61. The van der Waals surface area contributed by atoms with Gasteiger partial charge in [0, 0.05) is 17.7 Å². The van der Waals surface area contributed by atoms with Crippen molar-refractivity contribution in [1.82, 2.24) is 4.90 Å². The summed E-state index contributed by atoms with van der Waals surface area (Å²) in [6, 6.07) is 26.5. The molecule has 3 aromatic carbocycles. The average molecular weight is 399 g/mol. The summed E-state index contributed by atoms with van der Waals surface area (Å²) in [4.78, 5) is 28.4. The smallest absolute Gasteiger partial charge is 0.241 e. The number of rotatable bonds is 6. The molecule has 4 rings (SSSR count). The molecule has 1 atom stereocenters. The summed E-state index contributed by atoms with van der Waals surface area (Å²) >= 11 is 0.